The molecule has 0 fully saturated rings. The van der Waals surface area contributed by atoms with Crippen molar-refractivity contribution in [3.05, 3.63) is 64.7 Å². The molecule has 6 heteroatoms. The molecule has 1 unspecified atom stereocenters. The molecule has 0 aliphatic rings. The Morgan fingerprint density at radius 1 is 1.00 bits per heavy atom. The van der Waals surface area contributed by atoms with Crippen molar-refractivity contribution >= 4 is 17.3 Å². The molecular weight excluding hydrogens is 315 g/mol. The monoisotopic (exact) mass is 329 g/mol. The summed E-state index contributed by atoms with van der Waals surface area (Å²) in [4.78, 5) is 1.66. The molecule has 2 rings (SSSR count). The number of hydrogen-bond acceptors (Lipinski definition) is 2. The number of hydrogen-bond donors (Lipinski definition) is 1. The maximum absolute atomic E-state index is 13.7. The van der Waals surface area contributed by atoms with Crippen molar-refractivity contribution in [3.63, 3.8) is 0 Å². The fourth-order valence-corrected chi connectivity index (χ4v) is 2.51. The van der Waals surface area contributed by atoms with Crippen LogP contribution in [0.2, 0.25) is 5.02 Å². The molecule has 118 valence electrons. The number of anilines is 1. The van der Waals surface area contributed by atoms with Gasteiger partial charge in [0.25, 0.3) is 0 Å². The van der Waals surface area contributed by atoms with Gasteiger partial charge in [-0.3, -0.25) is 0 Å². The highest BCUT2D eigenvalue weighted by Crippen LogP contribution is 2.46. The summed E-state index contributed by atoms with van der Waals surface area (Å²) in [5, 5.41) is 10.4. The molecule has 2 aromatic rings. The Kier molecular flexibility index (Phi) is 4.40. The van der Waals surface area contributed by atoms with E-state index in [2.05, 4.69) is 0 Å². The summed E-state index contributed by atoms with van der Waals surface area (Å²) >= 11 is 5.90. The molecule has 2 aromatic carbocycles. The molecule has 0 radical (unpaired) electrons. The third-order valence-electron chi connectivity index (χ3n) is 3.45. The van der Waals surface area contributed by atoms with E-state index in [1.165, 1.54) is 42.5 Å². The first-order valence-corrected chi connectivity index (χ1v) is 6.87. The maximum atomic E-state index is 13.7. The summed E-state index contributed by atoms with van der Waals surface area (Å²) in [6.45, 7) is 0. The Labute approximate surface area is 131 Å². The third-order valence-corrected chi connectivity index (χ3v) is 3.78. The minimum atomic E-state index is -4.91. The SMILES string of the molecule is CN(C)c1cccc(C(O)(c2ccccc2Cl)C(F)(F)F)c1. The van der Waals surface area contributed by atoms with E-state index in [0.29, 0.717) is 5.69 Å². The zero-order valence-electron chi connectivity index (χ0n) is 12.0. The molecular formula is C16H15ClF3NO. The lowest BCUT2D eigenvalue weighted by atomic mass is 9.85. The Morgan fingerprint density at radius 3 is 2.18 bits per heavy atom. The van der Waals surface area contributed by atoms with Crippen molar-refractivity contribution in [1.82, 2.24) is 0 Å². The molecule has 0 saturated carbocycles. The van der Waals surface area contributed by atoms with Gasteiger partial charge in [0.15, 0.2) is 0 Å². The van der Waals surface area contributed by atoms with Gasteiger partial charge in [0.05, 0.1) is 0 Å². The van der Waals surface area contributed by atoms with Crippen LogP contribution in [0.15, 0.2) is 48.5 Å². The van der Waals surface area contributed by atoms with Gasteiger partial charge < -0.3 is 10.0 Å². The summed E-state index contributed by atoms with van der Waals surface area (Å²) in [5.41, 5.74) is -3.29. The first kappa shape index (κ1) is 16.6. The molecule has 0 aromatic heterocycles. The van der Waals surface area contributed by atoms with Crippen LogP contribution in [-0.2, 0) is 5.60 Å². The average molecular weight is 330 g/mol. The van der Waals surface area contributed by atoms with Gasteiger partial charge in [-0.2, -0.15) is 13.2 Å². The first-order valence-electron chi connectivity index (χ1n) is 6.50. The molecule has 22 heavy (non-hydrogen) atoms. The van der Waals surface area contributed by atoms with Crippen molar-refractivity contribution in [1.29, 1.82) is 0 Å². The van der Waals surface area contributed by atoms with Gasteiger partial charge in [-0.05, 0) is 23.8 Å². The number of alkyl halides is 3. The Morgan fingerprint density at radius 2 is 1.64 bits per heavy atom. The van der Waals surface area contributed by atoms with E-state index >= 15 is 0 Å². The molecule has 0 spiro atoms. The van der Waals surface area contributed by atoms with Crippen molar-refractivity contribution in [3.8, 4) is 0 Å². The second kappa shape index (κ2) is 5.82. The van der Waals surface area contributed by atoms with Gasteiger partial charge in [-0.25, -0.2) is 0 Å². The van der Waals surface area contributed by atoms with Crippen molar-refractivity contribution in [2.75, 3.05) is 19.0 Å². The molecule has 0 aliphatic heterocycles. The highest BCUT2D eigenvalue weighted by molar-refractivity contribution is 6.31. The number of aliphatic hydroxyl groups is 1. The van der Waals surface area contributed by atoms with E-state index in [1.807, 2.05) is 0 Å². The lowest BCUT2D eigenvalue weighted by Gasteiger charge is -2.32. The second-order valence-corrected chi connectivity index (χ2v) is 5.54. The predicted molar refractivity (Wildman–Crippen MR) is 81.3 cm³/mol. The fraction of sp³-hybridized carbons (Fsp3) is 0.250. The number of nitrogens with zero attached hydrogens (tertiary/aromatic N) is 1. The molecule has 2 nitrogen and oxygen atoms in total. The number of halogens is 4. The summed E-state index contributed by atoms with van der Waals surface area (Å²) in [7, 11) is 3.42. The Hall–Kier alpha value is -1.72. The van der Waals surface area contributed by atoms with Crippen molar-refractivity contribution in [2.24, 2.45) is 0 Å². The van der Waals surface area contributed by atoms with E-state index in [0.717, 1.165) is 0 Å². The summed E-state index contributed by atoms with van der Waals surface area (Å²) in [6.07, 6.45) is -4.91. The van der Waals surface area contributed by atoms with Gasteiger partial charge in [-0.15, -0.1) is 0 Å². The van der Waals surface area contributed by atoms with Gasteiger partial charge in [-0.1, -0.05) is 41.9 Å². The van der Waals surface area contributed by atoms with Crippen LogP contribution in [-0.4, -0.2) is 25.4 Å². The molecule has 0 bridgehead atoms. The lowest BCUT2D eigenvalue weighted by molar-refractivity contribution is -0.248. The van der Waals surface area contributed by atoms with Gasteiger partial charge in [0.1, 0.15) is 0 Å². The van der Waals surface area contributed by atoms with Gasteiger partial charge in [0.2, 0.25) is 5.60 Å². The van der Waals surface area contributed by atoms with Crippen LogP contribution in [0.3, 0.4) is 0 Å². The van der Waals surface area contributed by atoms with Crippen LogP contribution >= 0.6 is 11.6 Å². The minimum Gasteiger partial charge on any atom is -0.378 e. The number of rotatable bonds is 3. The van der Waals surface area contributed by atoms with E-state index in [1.54, 1.807) is 25.1 Å². The lowest BCUT2D eigenvalue weighted by Crippen LogP contribution is -2.43. The first-order chi connectivity index (χ1) is 10.2. The quantitative estimate of drug-likeness (QED) is 0.912. The largest absolute Gasteiger partial charge is 0.425 e. The van der Waals surface area contributed by atoms with Crippen LogP contribution in [0, 0.1) is 0 Å². The Balaban J connectivity index is 2.72. The maximum Gasteiger partial charge on any atom is 0.425 e. The summed E-state index contributed by atoms with van der Waals surface area (Å²) in [5.74, 6) is 0. The average Bonchev–Trinajstić information content (AvgIpc) is 2.46. The molecule has 1 atom stereocenters. The van der Waals surface area contributed by atoms with E-state index in [9.17, 15) is 18.3 Å². The number of benzene rings is 2. The highest BCUT2D eigenvalue weighted by atomic mass is 35.5. The van der Waals surface area contributed by atoms with E-state index in [4.69, 9.17) is 11.6 Å². The van der Waals surface area contributed by atoms with Gasteiger partial charge in [0, 0.05) is 30.4 Å². The predicted octanol–water partition coefficient (Wildman–Crippen LogP) is 4.20. The summed E-state index contributed by atoms with van der Waals surface area (Å²) in [6, 6.07) is 11.1. The van der Waals surface area contributed by atoms with Crippen LogP contribution in [0.25, 0.3) is 0 Å². The van der Waals surface area contributed by atoms with Crippen molar-refractivity contribution < 1.29 is 18.3 Å². The molecule has 0 aliphatic carbocycles. The van der Waals surface area contributed by atoms with Gasteiger partial charge >= 0.3 is 6.18 Å². The molecule has 0 heterocycles. The van der Waals surface area contributed by atoms with Crippen LogP contribution in [0.1, 0.15) is 11.1 Å². The standard InChI is InChI=1S/C16H15ClF3NO/c1-21(2)12-7-5-6-11(10-12)15(22,16(18,19)20)13-8-3-4-9-14(13)17/h3-10,22H,1-2H3. The van der Waals surface area contributed by atoms with E-state index < -0.39 is 11.8 Å². The molecule has 0 saturated heterocycles. The Bertz CT molecular complexity index is 672. The zero-order valence-corrected chi connectivity index (χ0v) is 12.8. The van der Waals surface area contributed by atoms with Crippen LogP contribution < -0.4 is 4.90 Å². The fourth-order valence-electron chi connectivity index (χ4n) is 2.24. The molecule has 1 N–H and O–H groups in total. The normalized spacial score (nSPS) is 14.5. The molecule has 0 amide bonds. The topological polar surface area (TPSA) is 23.5 Å². The van der Waals surface area contributed by atoms with E-state index in [-0.39, 0.29) is 16.1 Å². The summed E-state index contributed by atoms with van der Waals surface area (Å²) < 4.78 is 41.0. The smallest absolute Gasteiger partial charge is 0.378 e. The van der Waals surface area contributed by atoms with Crippen LogP contribution in [0.4, 0.5) is 18.9 Å². The van der Waals surface area contributed by atoms with Crippen LogP contribution in [0.5, 0.6) is 0 Å². The second-order valence-electron chi connectivity index (χ2n) is 5.13. The zero-order chi connectivity index (χ0) is 16.5. The highest BCUT2D eigenvalue weighted by Gasteiger charge is 2.57. The van der Waals surface area contributed by atoms with Crippen molar-refractivity contribution in [2.45, 2.75) is 11.8 Å². The minimum absolute atomic E-state index is 0.141. The third kappa shape index (κ3) is 2.78.